The summed E-state index contributed by atoms with van der Waals surface area (Å²) >= 11 is 0. The Morgan fingerprint density at radius 3 is 2.96 bits per heavy atom. The monoisotopic (exact) mass is 355 g/mol. The number of furan rings is 1. The Hall–Kier alpha value is -2.93. The number of ether oxygens (including phenoxy) is 1. The fourth-order valence-corrected chi connectivity index (χ4v) is 3.43. The molecule has 0 fully saturated rings. The molecule has 1 unspecified atom stereocenters. The Kier molecular flexibility index (Phi) is 4.30. The Morgan fingerprint density at radius 2 is 2.23 bits per heavy atom. The summed E-state index contributed by atoms with van der Waals surface area (Å²) in [4.78, 5) is 14.6. The van der Waals surface area contributed by atoms with Gasteiger partial charge in [0.25, 0.3) is 5.91 Å². The predicted octanol–water partition coefficient (Wildman–Crippen LogP) is 3.39. The lowest BCUT2D eigenvalue weighted by Crippen LogP contribution is -2.31. The van der Waals surface area contributed by atoms with Crippen molar-refractivity contribution >= 4 is 5.91 Å². The maximum absolute atomic E-state index is 13.9. The molecule has 1 aliphatic rings. The second-order valence-corrected chi connectivity index (χ2v) is 6.14. The van der Waals surface area contributed by atoms with Gasteiger partial charge < -0.3 is 14.1 Å². The van der Waals surface area contributed by atoms with Gasteiger partial charge in [-0.1, -0.05) is 12.1 Å². The number of benzene rings is 1. The largest absolute Gasteiger partial charge is 0.463 e. The molecule has 0 saturated carbocycles. The Balaban J connectivity index is 1.81. The van der Waals surface area contributed by atoms with E-state index < -0.39 is 6.04 Å². The number of halogens is 1. The van der Waals surface area contributed by atoms with Crippen molar-refractivity contribution in [1.29, 1.82) is 0 Å². The lowest BCUT2D eigenvalue weighted by molar-refractivity contribution is 0.0723. The highest BCUT2D eigenvalue weighted by Gasteiger charge is 2.42. The summed E-state index contributed by atoms with van der Waals surface area (Å²) in [6.07, 6.45) is 2.24. The molecule has 0 bridgehead atoms. The number of aromatic nitrogens is 2. The number of nitrogens with zero attached hydrogens (tertiary/aromatic N) is 2. The molecule has 1 aromatic carbocycles. The maximum atomic E-state index is 13.9. The van der Waals surface area contributed by atoms with Crippen molar-refractivity contribution in [2.75, 3.05) is 20.3 Å². The van der Waals surface area contributed by atoms with E-state index in [2.05, 4.69) is 10.2 Å². The molecule has 1 atom stereocenters. The van der Waals surface area contributed by atoms with Crippen LogP contribution in [0.15, 0.2) is 47.1 Å². The molecule has 2 aromatic heterocycles. The third kappa shape index (κ3) is 2.70. The van der Waals surface area contributed by atoms with Crippen LogP contribution in [-0.4, -0.2) is 41.3 Å². The molecule has 3 aromatic rings. The molecule has 0 saturated heterocycles. The van der Waals surface area contributed by atoms with Crippen LogP contribution in [0, 0.1) is 5.82 Å². The number of carbonyl (C=O) groups is 1. The maximum Gasteiger partial charge on any atom is 0.275 e. The van der Waals surface area contributed by atoms with Crippen molar-refractivity contribution in [1.82, 2.24) is 15.1 Å². The van der Waals surface area contributed by atoms with Crippen LogP contribution in [0.5, 0.6) is 0 Å². The minimum absolute atomic E-state index is 0.181. The Bertz CT molecular complexity index is 920. The standard InChI is InChI=1S/C19H18FN3O3/c1-25-9-4-8-23-18(12-5-2-6-13(20)11-12)15-16(14-7-3-10-26-14)21-22-17(15)19(23)24/h2-3,5-7,10-11,18H,4,8-9H2,1H3,(H,21,22). The van der Waals surface area contributed by atoms with Crippen molar-refractivity contribution in [3.63, 3.8) is 0 Å². The van der Waals surface area contributed by atoms with E-state index in [9.17, 15) is 9.18 Å². The molecule has 0 aliphatic carbocycles. The highest BCUT2D eigenvalue weighted by molar-refractivity contribution is 5.99. The molecular formula is C19H18FN3O3. The Labute approximate surface area is 149 Å². The molecule has 0 spiro atoms. The SMILES string of the molecule is COCCCN1C(=O)c2n[nH]c(-c3ccco3)c2C1c1cccc(F)c1. The van der Waals surface area contributed by atoms with Gasteiger partial charge in [0, 0.05) is 25.8 Å². The summed E-state index contributed by atoms with van der Waals surface area (Å²) in [7, 11) is 1.62. The van der Waals surface area contributed by atoms with Gasteiger partial charge in [-0.2, -0.15) is 5.10 Å². The number of carbonyl (C=O) groups excluding carboxylic acids is 1. The van der Waals surface area contributed by atoms with Crippen molar-refractivity contribution in [2.24, 2.45) is 0 Å². The van der Waals surface area contributed by atoms with Gasteiger partial charge in [-0.05, 0) is 36.2 Å². The molecule has 6 nitrogen and oxygen atoms in total. The van der Waals surface area contributed by atoms with Gasteiger partial charge in [0.15, 0.2) is 11.5 Å². The van der Waals surface area contributed by atoms with E-state index in [1.54, 1.807) is 36.5 Å². The summed E-state index contributed by atoms with van der Waals surface area (Å²) in [6, 6.07) is 9.45. The van der Waals surface area contributed by atoms with E-state index in [0.29, 0.717) is 47.8 Å². The summed E-state index contributed by atoms with van der Waals surface area (Å²) in [5.74, 6) is 0.0643. The van der Waals surface area contributed by atoms with Gasteiger partial charge in [-0.3, -0.25) is 9.89 Å². The van der Waals surface area contributed by atoms with Gasteiger partial charge in [0.05, 0.1) is 12.3 Å². The smallest absolute Gasteiger partial charge is 0.275 e. The normalized spacial score (nSPS) is 16.3. The second kappa shape index (κ2) is 6.76. The van der Waals surface area contributed by atoms with E-state index in [4.69, 9.17) is 9.15 Å². The number of fused-ring (bicyclic) bond motifs is 1. The quantitative estimate of drug-likeness (QED) is 0.688. The van der Waals surface area contributed by atoms with Crippen molar-refractivity contribution in [3.8, 4) is 11.5 Å². The highest BCUT2D eigenvalue weighted by atomic mass is 19.1. The van der Waals surface area contributed by atoms with E-state index in [0.717, 1.165) is 0 Å². The zero-order chi connectivity index (χ0) is 18.1. The summed E-state index contributed by atoms with van der Waals surface area (Å²) in [6.45, 7) is 1.02. The first-order valence-electron chi connectivity index (χ1n) is 8.38. The molecule has 1 aliphatic heterocycles. The third-order valence-electron chi connectivity index (χ3n) is 4.53. The molecule has 4 rings (SSSR count). The van der Waals surface area contributed by atoms with Crippen LogP contribution in [0.25, 0.3) is 11.5 Å². The summed E-state index contributed by atoms with van der Waals surface area (Å²) in [5.41, 5.74) is 2.40. The van der Waals surface area contributed by atoms with E-state index >= 15 is 0 Å². The van der Waals surface area contributed by atoms with E-state index in [1.165, 1.54) is 12.1 Å². The summed E-state index contributed by atoms with van der Waals surface area (Å²) in [5, 5.41) is 7.11. The molecular weight excluding hydrogens is 337 g/mol. The molecule has 0 radical (unpaired) electrons. The second-order valence-electron chi connectivity index (χ2n) is 6.14. The van der Waals surface area contributed by atoms with Gasteiger partial charge in [0.2, 0.25) is 0 Å². The molecule has 1 amide bonds. The van der Waals surface area contributed by atoms with Gasteiger partial charge in [-0.15, -0.1) is 0 Å². The number of aromatic amines is 1. The number of H-pyrrole nitrogens is 1. The first-order chi connectivity index (χ1) is 12.7. The number of hydrogen-bond donors (Lipinski definition) is 1. The average molecular weight is 355 g/mol. The highest BCUT2D eigenvalue weighted by Crippen LogP contribution is 2.42. The minimum Gasteiger partial charge on any atom is -0.463 e. The van der Waals surface area contributed by atoms with Crippen LogP contribution in [0.2, 0.25) is 0 Å². The van der Waals surface area contributed by atoms with Crippen LogP contribution in [-0.2, 0) is 4.74 Å². The molecule has 7 heteroatoms. The average Bonchev–Trinajstić information content (AvgIpc) is 3.34. The predicted molar refractivity (Wildman–Crippen MR) is 92.1 cm³/mol. The molecule has 26 heavy (non-hydrogen) atoms. The Morgan fingerprint density at radius 1 is 1.35 bits per heavy atom. The number of hydrogen-bond acceptors (Lipinski definition) is 4. The van der Waals surface area contributed by atoms with E-state index in [1.807, 2.05) is 6.07 Å². The first kappa shape index (κ1) is 16.5. The van der Waals surface area contributed by atoms with Crippen molar-refractivity contribution < 1.29 is 18.3 Å². The van der Waals surface area contributed by atoms with Crippen LogP contribution in [0.3, 0.4) is 0 Å². The van der Waals surface area contributed by atoms with Crippen LogP contribution >= 0.6 is 0 Å². The van der Waals surface area contributed by atoms with E-state index in [-0.39, 0.29) is 11.7 Å². The van der Waals surface area contributed by atoms with Crippen LogP contribution in [0.1, 0.15) is 34.1 Å². The fraction of sp³-hybridized carbons (Fsp3) is 0.263. The van der Waals surface area contributed by atoms with Gasteiger partial charge >= 0.3 is 0 Å². The zero-order valence-corrected chi connectivity index (χ0v) is 14.2. The number of nitrogens with one attached hydrogen (secondary N) is 1. The van der Waals surface area contributed by atoms with Gasteiger partial charge in [-0.25, -0.2) is 4.39 Å². The lowest BCUT2D eigenvalue weighted by atomic mass is 9.98. The summed E-state index contributed by atoms with van der Waals surface area (Å²) < 4.78 is 24.5. The number of rotatable bonds is 6. The molecule has 134 valence electrons. The van der Waals surface area contributed by atoms with Crippen LogP contribution < -0.4 is 0 Å². The van der Waals surface area contributed by atoms with Gasteiger partial charge in [0.1, 0.15) is 11.5 Å². The fourth-order valence-electron chi connectivity index (χ4n) is 3.43. The third-order valence-corrected chi connectivity index (χ3v) is 4.53. The lowest BCUT2D eigenvalue weighted by Gasteiger charge is -2.26. The zero-order valence-electron chi connectivity index (χ0n) is 14.2. The van der Waals surface area contributed by atoms with Crippen molar-refractivity contribution in [2.45, 2.75) is 12.5 Å². The topological polar surface area (TPSA) is 71.4 Å². The van der Waals surface area contributed by atoms with Crippen LogP contribution in [0.4, 0.5) is 4.39 Å². The molecule has 3 heterocycles. The number of amides is 1. The minimum atomic E-state index is -0.427. The molecule has 1 N–H and O–H groups in total. The van der Waals surface area contributed by atoms with Crippen molar-refractivity contribution in [3.05, 3.63) is 65.3 Å². The first-order valence-corrected chi connectivity index (χ1v) is 8.38. The number of methoxy groups -OCH3 is 1.